The van der Waals surface area contributed by atoms with E-state index in [9.17, 15) is 9.59 Å². The van der Waals surface area contributed by atoms with Crippen molar-refractivity contribution in [3.8, 4) is 0 Å². The average Bonchev–Trinajstić information content (AvgIpc) is 2.67. The van der Waals surface area contributed by atoms with Crippen molar-refractivity contribution in [3.63, 3.8) is 0 Å². The molecule has 0 radical (unpaired) electrons. The minimum absolute atomic E-state index is 0.119. The number of amides is 2. The third kappa shape index (κ3) is 4.26. The molecular weight excluding hydrogens is 354 g/mol. The average molecular weight is 374 g/mol. The van der Waals surface area contributed by atoms with Crippen LogP contribution in [0.25, 0.3) is 0 Å². The molecule has 1 heterocycles. The van der Waals surface area contributed by atoms with Gasteiger partial charge in [0.15, 0.2) is 0 Å². The van der Waals surface area contributed by atoms with Crippen LogP contribution in [0.3, 0.4) is 0 Å². The Morgan fingerprint density at radius 3 is 2.27 bits per heavy atom. The molecule has 2 aromatic rings. The largest absolute Gasteiger partial charge is 0.478 e. The number of halogens is 1. The van der Waals surface area contributed by atoms with Gasteiger partial charge in [-0.25, -0.2) is 9.59 Å². The Morgan fingerprint density at radius 2 is 1.65 bits per heavy atom. The molecule has 0 saturated carbocycles. The topological polar surface area (TPSA) is 72.9 Å². The summed E-state index contributed by atoms with van der Waals surface area (Å²) in [6.45, 7) is 3.06. The second-order valence-corrected chi connectivity index (χ2v) is 6.49. The number of urea groups is 1. The van der Waals surface area contributed by atoms with Crippen LogP contribution in [0.1, 0.15) is 15.9 Å². The lowest BCUT2D eigenvalue weighted by Crippen LogP contribution is -2.51. The molecule has 26 heavy (non-hydrogen) atoms. The summed E-state index contributed by atoms with van der Waals surface area (Å²) in [4.78, 5) is 27.1. The molecule has 1 aliphatic heterocycles. The first kappa shape index (κ1) is 18.1. The number of anilines is 1. The van der Waals surface area contributed by atoms with Crippen molar-refractivity contribution in [1.82, 2.24) is 10.2 Å². The summed E-state index contributed by atoms with van der Waals surface area (Å²) in [5.41, 5.74) is 2.08. The van der Waals surface area contributed by atoms with E-state index in [4.69, 9.17) is 16.7 Å². The second-order valence-electron chi connectivity index (χ2n) is 6.09. The van der Waals surface area contributed by atoms with Crippen LogP contribution < -0.4 is 10.2 Å². The SMILES string of the molecule is O=C(O)c1ccc(CNC(=O)N2CCN(c3ccccc3Cl)CC2)cc1. The maximum atomic E-state index is 12.3. The molecule has 1 saturated heterocycles. The van der Waals surface area contributed by atoms with Crippen LogP contribution in [-0.2, 0) is 6.54 Å². The highest BCUT2D eigenvalue weighted by Gasteiger charge is 2.22. The summed E-state index contributed by atoms with van der Waals surface area (Å²) in [5.74, 6) is -0.961. The van der Waals surface area contributed by atoms with Crippen LogP contribution in [0, 0.1) is 0 Å². The number of hydrogen-bond acceptors (Lipinski definition) is 3. The van der Waals surface area contributed by atoms with Crippen LogP contribution in [0.4, 0.5) is 10.5 Å². The molecule has 2 amide bonds. The Hall–Kier alpha value is -2.73. The predicted molar refractivity (Wildman–Crippen MR) is 101 cm³/mol. The molecule has 0 aliphatic carbocycles. The number of carboxylic acids is 1. The first-order valence-corrected chi connectivity index (χ1v) is 8.77. The van der Waals surface area contributed by atoms with Crippen molar-refractivity contribution >= 4 is 29.3 Å². The van der Waals surface area contributed by atoms with E-state index in [2.05, 4.69) is 10.2 Å². The lowest BCUT2D eigenvalue weighted by Gasteiger charge is -2.36. The third-order valence-electron chi connectivity index (χ3n) is 4.40. The third-order valence-corrected chi connectivity index (χ3v) is 4.72. The number of para-hydroxylation sites is 1. The number of benzene rings is 2. The Kier molecular flexibility index (Phi) is 5.63. The molecule has 3 rings (SSSR count). The number of piperazine rings is 1. The van der Waals surface area contributed by atoms with Crippen molar-refractivity contribution in [2.45, 2.75) is 6.54 Å². The Morgan fingerprint density at radius 1 is 1.00 bits per heavy atom. The maximum absolute atomic E-state index is 12.3. The number of nitrogens with zero attached hydrogens (tertiary/aromatic N) is 2. The summed E-state index contributed by atoms with van der Waals surface area (Å²) in [5, 5.41) is 12.5. The van der Waals surface area contributed by atoms with Crippen molar-refractivity contribution in [2.24, 2.45) is 0 Å². The lowest BCUT2D eigenvalue weighted by atomic mass is 10.1. The standard InChI is InChI=1S/C19H20ClN3O3/c20-16-3-1-2-4-17(16)22-9-11-23(12-10-22)19(26)21-13-14-5-7-15(8-6-14)18(24)25/h1-8H,9-13H2,(H,21,26)(H,24,25). The zero-order valence-corrected chi connectivity index (χ0v) is 14.9. The predicted octanol–water partition coefficient (Wildman–Crippen LogP) is 3.07. The Labute approximate surface area is 157 Å². The van der Waals surface area contributed by atoms with Crippen LogP contribution in [0.15, 0.2) is 48.5 Å². The molecule has 6 nitrogen and oxygen atoms in total. The number of hydrogen-bond donors (Lipinski definition) is 2. The first-order valence-electron chi connectivity index (χ1n) is 8.39. The fraction of sp³-hybridized carbons (Fsp3) is 0.263. The molecule has 136 valence electrons. The number of rotatable bonds is 4. The van der Waals surface area contributed by atoms with Crippen LogP contribution in [0.2, 0.25) is 5.02 Å². The molecule has 0 spiro atoms. The van der Waals surface area contributed by atoms with Crippen molar-refractivity contribution in [2.75, 3.05) is 31.1 Å². The lowest BCUT2D eigenvalue weighted by molar-refractivity contribution is 0.0697. The van der Waals surface area contributed by atoms with Crippen molar-refractivity contribution < 1.29 is 14.7 Å². The molecular formula is C19H20ClN3O3. The highest BCUT2D eigenvalue weighted by atomic mass is 35.5. The first-order chi connectivity index (χ1) is 12.5. The smallest absolute Gasteiger partial charge is 0.335 e. The van der Waals surface area contributed by atoms with E-state index in [-0.39, 0.29) is 11.6 Å². The summed E-state index contributed by atoms with van der Waals surface area (Å²) < 4.78 is 0. The number of carbonyl (C=O) groups is 2. The molecule has 1 fully saturated rings. The highest BCUT2D eigenvalue weighted by molar-refractivity contribution is 6.33. The number of nitrogens with one attached hydrogen (secondary N) is 1. The number of carboxylic acid groups (broad SMARTS) is 1. The number of aromatic carboxylic acids is 1. The van der Waals surface area contributed by atoms with Gasteiger partial charge in [-0.3, -0.25) is 0 Å². The summed E-state index contributed by atoms with van der Waals surface area (Å²) in [6, 6.07) is 14.1. The number of carbonyl (C=O) groups excluding carboxylic acids is 1. The van der Waals surface area contributed by atoms with Gasteiger partial charge in [0.2, 0.25) is 0 Å². The van der Waals surface area contributed by atoms with Gasteiger partial charge in [0, 0.05) is 32.7 Å². The van der Waals surface area contributed by atoms with E-state index in [1.165, 1.54) is 12.1 Å². The fourth-order valence-electron chi connectivity index (χ4n) is 2.91. The van der Waals surface area contributed by atoms with Crippen molar-refractivity contribution in [1.29, 1.82) is 0 Å². The minimum Gasteiger partial charge on any atom is -0.478 e. The Balaban J connectivity index is 1.49. The van der Waals surface area contributed by atoms with Crippen LogP contribution in [0.5, 0.6) is 0 Å². The van der Waals surface area contributed by atoms with Crippen LogP contribution in [-0.4, -0.2) is 48.2 Å². The summed E-state index contributed by atoms with van der Waals surface area (Å²) in [6.07, 6.45) is 0. The zero-order chi connectivity index (χ0) is 18.5. The normalized spacial score (nSPS) is 14.2. The second kappa shape index (κ2) is 8.10. The molecule has 2 aromatic carbocycles. The molecule has 0 unspecified atom stereocenters. The van der Waals surface area contributed by atoms with E-state index in [0.717, 1.165) is 29.4 Å². The fourth-order valence-corrected chi connectivity index (χ4v) is 3.17. The molecule has 0 aromatic heterocycles. The molecule has 0 bridgehead atoms. The van der Waals surface area contributed by atoms with Gasteiger partial charge in [-0.15, -0.1) is 0 Å². The van der Waals surface area contributed by atoms with Gasteiger partial charge in [-0.05, 0) is 29.8 Å². The summed E-state index contributed by atoms with van der Waals surface area (Å²) >= 11 is 6.23. The van der Waals surface area contributed by atoms with Gasteiger partial charge in [-0.1, -0.05) is 35.9 Å². The van der Waals surface area contributed by atoms with E-state index < -0.39 is 5.97 Å². The van der Waals surface area contributed by atoms with Gasteiger partial charge >= 0.3 is 12.0 Å². The van der Waals surface area contributed by atoms with Gasteiger partial charge in [0.05, 0.1) is 16.3 Å². The zero-order valence-electron chi connectivity index (χ0n) is 14.2. The molecule has 7 heteroatoms. The monoisotopic (exact) mass is 373 g/mol. The maximum Gasteiger partial charge on any atom is 0.335 e. The van der Waals surface area contributed by atoms with Crippen molar-refractivity contribution in [3.05, 3.63) is 64.7 Å². The van der Waals surface area contributed by atoms with E-state index in [1.807, 2.05) is 24.3 Å². The Bertz CT molecular complexity index is 787. The quantitative estimate of drug-likeness (QED) is 0.863. The van der Waals surface area contributed by atoms with Gasteiger partial charge in [0.1, 0.15) is 0 Å². The minimum atomic E-state index is -0.961. The molecule has 2 N–H and O–H groups in total. The molecule has 1 aliphatic rings. The van der Waals surface area contributed by atoms with Crippen LogP contribution >= 0.6 is 11.6 Å². The van der Waals surface area contributed by atoms with E-state index >= 15 is 0 Å². The van der Waals surface area contributed by atoms with E-state index in [1.54, 1.807) is 17.0 Å². The van der Waals surface area contributed by atoms with Gasteiger partial charge in [-0.2, -0.15) is 0 Å². The van der Waals surface area contributed by atoms with Gasteiger partial charge < -0.3 is 20.2 Å². The van der Waals surface area contributed by atoms with Gasteiger partial charge in [0.25, 0.3) is 0 Å². The summed E-state index contributed by atoms with van der Waals surface area (Å²) in [7, 11) is 0. The highest BCUT2D eigenvalue weighted by Crippen LogP contribution is 2.25. The molecule has 0 atom stereocenters. The van der Waals surface area contributed by atoms with E-state index in [0.29, 0.717) is 19.6 Å².